The Labute approximate surface area is 108 Å². The van der Waals surface area contributed by atoms with Crippen LogP contribution in [0.5, 0.6) is 0 Å². The molecule has 2 saturated carbocycles. The quantitative estimate of drug-likeness (QED) is 0.766. The molecule has 0 aromatic heterocycles. The fraction of sp³-hybridized carbons (Fsp3) is 0.857. The van der Waals surface area contributed by atoms with Gasteiger partial charge in [0.1, 0.15) is 0 Å². The average molecular weight is 250 g/mol. The van der Waals surface area contributed by atoms with E-state index in [1.165, 1.54) is 25.7 Å². The smallest absolute Gasteiger partial charge is 0.224 e. The first kappa shape index (κ1) is 12.0. The molecule has 1 saturated heterocycles. The van der Waals surface area contributed by atoms with Gasteiger partial charge in [0.2, 0.25) is 11.8 Å². The molecule has 4 heteroatoms. The fourth-order valence-corrected chi connectivity index (χ4v) is 3.09. The minimum Gasteiger partial charge on any atom is -0.356 e. The molecule has 2 aliphatic carbocycles. The zero-order valence-electron chi connectivity index (χ0n) is 10.8. The lowest BCUT2D eigenvalue weighted by Crippen LogP contribution is -2.44. The van der Waals surface area contributed by atoms with E-state index in [1.54, 1.807) is 0 Å². The van der Waals surface area contributed by atoms with Crippen LogP contribution in [0.2, 0.25) is 0 Å². The Bertz CT molecular complexity index is 326. The van der Waals surface area contributed by atoms with E-state index in [1.807, 2.05) is 0 Å². The van der Waals surface area contributed by atoms with E-state index in [9.17, 15) is 9.59 Å². The van der Waals surface area contributed by atoms with Crippen LogP contribution in [0, 0.1) is 23.7 Å². The minimum atomic E-state index is -0.0123. The van der Waals surface area contributed by atoms with E-state index in [4.69, 9.17) is 0 Å². The maximum absolute atomic E-state index is 12.0. The van der Waals surface area contributed by atoms with Gasteiger partial charge in [0.05, 0.1) is 5.92 Å². The molecule has 1 atom stereocenters. The summed E-state index contributed by atoms with van der Waals surface area (Å²) in [5, 5.41) is 5.89. The van der Waals surface area contributed by atoms with Crippen LogP contribution < -0.4 is 10.6 Å². The summed E-state index contributed by atoms with van der Waals surface area (Å²) in [6.45, 7) is 1.38. The summed E-state index contributed by atoms with van der Waals surface area (Å²) in [4.78, 5) is 23.1. The van der Waals surface area contributed by atoms with Crippen molar-refractivity contribution < 1.29 is 9.59 Å². The first-order chi connectivity index (χ1) is 8.74. The lowest BCUT2D eigenvalue weighted by Gasteiger charge is -2.23. The molecule has 4 nitrogen and oxygen atoms in total. The van der Waals surface area contributed by atoms with E-state index in [0.717, 1.165) is 24.3 Å². The summed E-state index contributed by atoms with van der Waals surface area (Å²) in [7, 11) is 0. The Morgan fingerprint density at radius 2 is 1.89 bits per heavy atom. The largest absolute Gasteiger partial charge is 0.356 e. The molecule has 0 radical (unpaired) electrons. The average Bonchev–Trinajstić information content (AvgIpc) is 3.24. The van der Waals surface area contributed by atoms with E-state index < -0.39 is 0 Å². The molecule has 1 heterocycles. The second kappa shape index (κ2) is 4.90. The summed E-state index contributed by atoms with van der Waals surface area (Å²) < 4.78 is 0. The van der Waals surface area contributed by atoms with Crippen LogP contribution in [0.3, 0.4) is 0 Å². The third-order valence-corrected chi connectivity index (χ3v) is 4.60. The van der Waals surface area contributed by atoms with Gasteiger partial charge < -0.3 is 10.6 Å². The Morgan fingerprint density at radius 1 is 1.22 bits per heavy atom. The van der Waals surface area contributed by atoms with Crippen molar-refractivity contribution in [3.8, 4) is 0 Å². The van der Waals surface area contributed by atoms with E-state index in [0.29, 0.717) is 19.4 Å². The van der Waals surface area contributed by atoms with Gasteiger partial charge in [0.15, 0.2) is 0 Å². The number of rotatable bonds is 5. The molecule has 2 N–H and O–H groups in total. The van der Waals surface area contributed by atoms with Gasteiger partial charge in [0.25, 0.3) is 0 Å². The molecular weight excluding hydrogens is 228 g/mol. The summed E-state index contributed by atoms with van der Waals surface area (Å²) in [5.74, 6) is 2.69. The van der Waals surface area contributed by atoms with Gasteiger partial charge >= 0.3 is 0 Å². The van der Waals surface area contributed by atoms with Gasteiger partial charge in [-0.3, -0.25) is 9.59 Å². The number of amides is 2. The van der Waals surface area contributed by atoms with Crippen LogP contribution in [0.25, 0.3) is 0 Å². The Morgan fingerprint density at radius 3 is 2.39 bits per heavy atom. The van der Waals surface area contributed by atoms with Gasteiger partial charge in [-0.25, -0.2) is 0 Å². The third kappa shape index (κ3) is 2.85. The van der Waals surface area contributed by atoms with Crippen LogP contribution >= 0.6 is 0 Å². The summed E-state index contributed by atoms with van der Waals surface area (Å²) in [6, 6.07) is 0. The van der Waals surface area contributed by atoms with Crippen molar-refractivity contribution in [1.82, 2.24) is 10.6 Å². The van der Waals surface area contributed by atoms with Crippen molar-refractivity contribution in [2.45, 2.75) is 38.5 Å². The van der Waals surface area contributed by atoms with Crippen molar-refractivity contribution >= 4 is 11.8 Å². The summed E-state index contributed by atoms with van der Waals surface area (Å²) in [6.07, 6.45) is 6.63. The topological polar surface area (TPSA) is 58.2 Å². The molecule has 0 aromatic carbocycles. The predicted molar refractivity (Wildman–Crippen MR) is 67.7 cm³/mol. The normalized spacial score (nSPS) is 28.1. The number of carbonyl (C=O) groups excluding carboxylic acids is 2. The molecule has 0 bridgehead atoms. The van der Waals surface area contributed by atoms with Crippen LogP contribution in [-0.4, -0.2) is 24.9 Å². The van der Waals surface area contributed by atoms with Gasteiger partial charge in [-0.15, -0.1) is 0 Å². The van der Waals surface area contributed by atoms with Gasteiger partial charge in [0, 0.05) is 19.5 Å². The zero-order valence-corrected chi connectivity index (χ0v) is 10.8. The van der Waals surface area contributed by atoms with E-state index in [-0.39, 0.29) is 17.7 Å². The highest BCUT2D eigenvalue weighted by Crippen LogP contribution is 2.48. The molecule has 3 fully saturated rings. The predicted octanol–water partition coefficient (Wildman–Crippen LogP) is 1.06. The first-order valence-corrected chi connectivity index (χ1v) is 7.28. The van der Waals surface area contributed by atoms with Gasteiger partial charge in [-0.1, -0.05) is 0 Å². The van der Waals surface area contributed by atoms with Crippen LogP contribution in [0.1, 0.15) is 38.5 Å². The highest BCUT2D eigenvalue weighted by Gasteiger charge is 2.41. The standard InChI is InChI=1S/C14H22N2O2/c17-13-6-5-11(7-15-13)14(18)16-8-12(9-1-2-9)10-3-4-10/h9-12H,1-8H2,(H,15,17)(H,16,18). The van der Waals surface area contributed by atoms with Crippen LogP contribution in [0.4, 0.5) is 0 Å². The Kier molecular flexibility index (Phi) is 3.27. The van der Waals surface area contributed by atoms with Crippen molar-refractivity contribution in [2.75, 3.05) is 13.1 Å². The molecule has 2 amide bonds. The summed E-state index contributed by atoms with van der Waals surface area (Å²) in [5.41, 5.74) is 0. The molecule has 1 aliphatic heterocycles. The monoisotopic (exact) mass is 250 g/mol. The molecule has 18 heavy (non-hydrogen) atoms. The second-order valence-electron chi connectivity index (χ2n) is 6.12. The lowest BCUT2D eigenvalue weighted by atomic mass is 9.95. The number of piperidine rings is 1. The molecule has 3 aliphatic rings. The third-order valence-electron chi connectivity index (χ3n) is 4.60. The fourth-order valence-electron chi connectivity index (χ4n) is 3.09. The molecular formula is C14H22N2O2. The number of carbonyl (C=O) groups is 2. The Hall–Kier alpha value is -1.06. The molecule has 1 unspecified atom stereocenters. The SMILES string of the molecule is O=C1CCC(C(=O)NCC(C2CC2)C2CC2)CN1. The molecule has 3 rings (SSSR count). The van der Waals surface area contributed by atoms with Crippen molar-refractivity contribution in [3.63, 3.8) is 0 Å². The second-order valence-corrected chi connectivity index (χ2v) is 6.12. The summed E-state index contributed by atoms with van der Waals surface area (Å²) >= 11 is 0. The maximum atomic E-state index is 12.0. The maximum Gasteiger partial charge on any atom is 0.224 e. The van der Waals surface area contributed by atoms with Crippen molar-refractivity contribution in [2.24, 2.45) is 23.7 Å². The van der Waals surface area contributed by atoms with E-state index >= 15 is 0 Å². The Balaban J connectivity index is 1.44. The number of nitrogens with one attached hydrogen (secondary N) is 2. The lowest BCUT2D eigenvalue weighted by molar-refractivity contribution is -0.129. The molecule has 0 spiro atoms. The minimum absolute atomic E-state index is 0.0123. The van der Waals surface area contributed by atoms with Crippen LogP contribution in [0.15, 0.2) is 0 Å². The molecule has 100 valence electrons. The number of hydrogen-bond donors (Lipinski definition) is 2. The first-order valence-electron chi connectivity index (χ1n) is 7.28. The van der Waals surface area contributed by atoms with Gasteiger partial charge in [-0.05, 0) is 49.9 Å². The van der Waals surface area contributed by atoms with Crippen LogP contribution in [-0.2, 0) is 9.59 Å². The highest BCUT2D eigenvalue weighted by atomic mass is 16.2. The zero-order chi connectivity index (χ0) is 12.5. The molecule has 0 aromatic rings. The van der Waals surface area contributed by atoms with E-state index in [2.05, 4.69) is 10.6 Å². The highest BCUT2D eigenvalue weighted by molar-refractivity contribution is 5.83. The van der Waals surface area contributed by atoms with Crippen molar-refractivity contribution in [3.05, 3.63) is 0 Å². The van der Waals surface area contributed by atoms with Gasteiger partial charge in [-0.2, -0.15) is 0 Å². The van der Waals surface area contributed by atoms with Crippen molar-refractivity contribution in [1.29, 1.82) is 0 Å². The number of hydrogen-bond acceptors (Lipinski definition) is 2.